The van der Waals surface area contributed by atoms with Crippen molar-refractivity contribution in [3.8, 4) is 0 Å². The van der Waals surface area contributed by atoms with Crippen molar-refractivity contribution in [2.75, 3.05) is 6.61 Å². The van der Waals surface area contributed by atoms with Crippen molar-refractivity contribution in [1.82, 2.24) is 0 Å². The van der Waals surface area contributed by atoms with Crippen LogP contribution < -0.4 is 0 Å². The van der Waals surface area contributed by atoms with E-state index < -0.39 is 23.4 Å². The van der Waals surface area contributed by atoms with Crippen LogP contribution in [0.15, 0.2) is 12.2 Å². The fourth-order valence-corrected chi connectivity index (χ4v) is 4.13. The number of hydrogen-bond acceptors (Lipinski definition) is 4. The van der Waals surface area contributed by atoms with E-state index in [9.17, 15) is 15.3 Å². The summed E-state index contributed by atoms with van der Waals surface area (Å²) in [5, 5.41) is 30.3. The summed E-state index contributed by atoms with van der Waals surface area (Å²) in [7, 11) is 0. The molecule has 4 nitrogen and oxygen atoms in total. The highest BCUT2D eigenvalue weighted by atomic mass is 16.6. The summed E-state index contributed by atoms with van der Waals surface area (Å²) in [6.07, 6.45) is 4.46. The second-order valence-electron chi connectivity index (χ2n) is 7.33. The quantitative estimate of drug-likeness (QED) is 0.490. The molecule has 0 aromatic rings. The Labute approximate surface area is 114 Å². The molecule has 0 radical (unpaired) electrons. The van der Waals surface area contributed by atoms with Crippen LogP contribution in [0.5, 0.6) is 0 Å². The van der Waals surface area contributed by atoms with Crippen molar-refractivity contribution < 1.29 is 20.1 Å². The SMILES string of the molecule is C[C@]1([C@]2(C)C=C[C@](C)(O)CC2)C[C@@H](O)[C@@H](O)[C@@]12CO2. The predicted molar refractivity (Wildman–Crippen MR) is 70.5 cm³/mol. The first-order valence-corrected chi connectivity index (χ1v) is 7.09. The zero-order chi connectivity index (χ0) is 14.1. The maximum Gasteiger partial charge on any atom is 0.126 e. The van der Waals surface area contributed by atoms with Gasteiger partial charge in [0.15, 0.2) is 0 Å². The van der Waals surface area contributed by atoms with Gasteiger partial charge in [-0.05, 0) is 31.6 Å². The summed E-state index contributed by atoms with van der Waals surface area (Å²) in [6.45, 7) is 6.57. The molecule has 4 heteroatoms. The van der Waals surface area contributed by atoms with E-state index in [2.05, 4.69) is 19.9 Å². The van der Waals surface area contributed by atoms with E-state index in [1.807, 2.05) is 13.0 Å². The summed E-state index contributed by atoms with van der Waals surface area (Å²) >= 11 is 0. The van der Waals surface area contributed by atoms with Crippen LogP contribution in [0.1, 0.15) is 40.0 Å². The molecule has 2 aliphatic carbocycles. The Morgan fingerprint density at radius 2 is 1.74 bits per heavy atom. The number of rotatable bonds is 1. The van der Waals surface area contributed by atoms with Crippen LogP contribution in [0.4, 0.5) is 0 Å². The van der Waals surface area contributed by atoms with Crippen molar-refractivity contribution in [3.05, 3.63) is 12.2 Å². The Morgan fingerprint density at radius 3 is 2.21 bits per heavy atom. The van der Waals surface area contributed by atoms with Gasteiger partial charge in [0.05, 0.1) is 18.3 Å². The molecule has 1 aliphatic heterocycles. The first kappa shape index (κ1) is 13.6. The Bertz CT molecular complexity index is 426. The van der Waals surface area contributed by atoms with Crippen LogP contribution >= 0.6 is 0 Å². The third kappa shape index (κ3) is 1.60. The van der Waals surface area contributed by atoms with Gasteiger partial charge >= 0.3 is 0 Å². The van der Waals surface area contributed by atoms with E-state index in [1.165, 1.54) is 0 Å². The molecule has 0 bridgehead atoms. The zero-order valence-electron chi connectivity index (χ0n) is 11.9. The molecule has 1 heterocycles. The van der Waals surface area contributed by atoms with Gasteiger partial charge in [0.25, 0.3) is 0 Å². The summed E-state index contributed by atoms with van der Waals surface area (Å²) < 4.78 is 5.62. The van der Waals surface area contributed by atoms with E-state index in [0.29, 0.717) is 19.4 Å². The molecule has 0 unspecified atom stereocenters. The lowest BCUT2D eigenvalue weighted by Crippen LogP contribution is -2.50. The molecule has 0 aromatic heterocycles. The zero-order valence-corrected chi connectivity index (χ0v) is 11.9. The highest BCUT2D eigenvalue weighted by Gasteiger charge is 2.74. The average molecular weight is 268 g/mol. The van der Waals surface area contributed by atoms with Crippen LogP contribution in [0, 0.1) is 10.8 Å². The van der Waals surface area contributed by atoms with Crippen LogP contribution in [-0.4, -0.2) is 45.3 Å². The van der Waals surface area contributed by atoms with Crippen molar-refractivity contribution in [1.29, 1.82) is 0 Å². The van der Waals surface area contributed by atoms with Gasteiger partial charge < -0.3 is 20.1 Å². The fourth-order valence-electron chi connectivity index (χ4n) is 4.13. The molecule has 6 atom stereocenters. The van der Waals surface area contributed by atoms with E-state index in [1.54, 1.807) is 0 Å². The topological polar surface area (TPSA) is 73.2 Å². The Balaban J connectivity index is 1.98. The molecular weight excluding hydrogens is 244 g/mol. The van der Waals surface area contributed by atoms with Crippen LogP contribution in [0.2, 0.25) is 0 Å². The van der Waals surface area contributed by atoms with Crippen molar-refractivity contribution >= 4 is 0 Å². The van der Waals surface area contributed by atoms with Gasteiger partial charge in [-0.15, -0.1) is 0 Å². The van der Waals surface area contributed by atoms with Gasteiger partial charge in [0, 0.05) is 5.41 Å². The fraction of sp³-hybridized carbons (Fsp3) is 0.867. The number of aliphatic hydroxyl groups is 3. The molecule has 3 rings (SSSR count). The molecule has 2 fully saturated rings. The number of hydrogen-bond donors (Lipinski definition) is 3. The van der Waals surface area contributed by atoms with E-state index in [0.717, 1.165) is 6.42 Å². The van der Waals surface area contributed by atoms with E-state index in [-0.39, 0.29) is 10.8 Å². The smallest absolute Gasteiger partial charge is 0.126 e. The average Bonchev–Trinajstić information content (AvgIpc) is 3.10. The number of ether oxygens (including phenoxy) is 1. The summed E-state index contributed by atoms with van der Waals surface area (Å²) in [4.78, 5) is 0. The van der Waals surface area contributed by atoms with Gasteiger partial charge in [0.1, 0.15) is 11.7 Å². The highest BCUT2D eigenvalue weighted by molar-refractivity contribution is 5.27. The Morgan fingerprint density at radius 1 is 1.11 bits per heavy atom. The Kier molecular flexibility index (Phi) is 2.58. The molecule has 3 aliphatic rings. The largest absolute Gasteiger partial charge is 0.390 e. The van der Waals surface area contributed by atoms with Gasteiger partial charge in [-0.25, -0.2) is 0 Å². The summed E-state index contributed by atoms with van der Waals surface area (Å²) in [5.74, 6) is 0. The third-order valence-corrected chi connectivity index (χ3v) is 6.07. The minimum Gasteiger partial charge on any atom is -0.390 e. The van der Waals surface area contributed by atoms with Crippen LogP contribution in [0.25, 0.3) is 0 Å². The maximum absolute atomic E-state index is 10.2. The highest BCUT2D eigenvalue weighted by Crippen LogP contribution is 2.66. The summed E-state index contributed by atoms with van der Waals surface area (Å²) in [6, 6.07) is 0. The second-order valence-corrected chi connectivity index (χ2v) is 7.33. The van der Waals surface area contributed by atoms with Crippen LogP contribution in [-0.2, 0) is 4.74 Å². The summed E-state index contributed by atoms with van der Waals surface area (Å²) in [5.41, 5.74) is -1.83. The lowest BCUT2D eigenvalue weighted by atomic mass is 9.55. The molecule has 108 valence electrons. The lowest BCUT2D eigenvalue weighted by Gasteiger charge is -2.48. The number of aliphatic hydroxyl groups excluding tert-OH is 2. The van der Waals surface area contributed by atoms with Gasteiger partial charge in [-0.2, -0.15) is 0 Å². The van der Waals surface area contributed by atoms with E-state index in [4.69, 9.17) is 4.74 Å². The lowest BCUT2D eigenvalue weighted by molar-refractivity contribution is -0.0359. The third-order valence-electron chi connectivity index (χ3n) is 6.07. The predicted octanol–water partition coefficient (Wildman–Crippen LogP) is 0.994. The maximum atomic E-state index is 10.2. The minimum absolute atomic E-state index is 0.176. The molecule has 3 N–H and O–H groups in total. The molecule has 0 amide bonds. The molecule has 1 saturated carbocycles. The standard InChI is InChI=1S/C15H24O4/c1-12(4-6-13(2,18)7-5-12)14(3)8-10(16)11(17)15(14)9-19-15/h4,6,10-11,16-18H,5,7-9H2,1-3H3/t10-,11-,12-,13+,14-,15+/m1/s1. The van der Waals surface area contributed by atoms with Crippen molar-refractivity contribution in [3.63, 3.8) is 0 Å². The Hall–Kier alpha value is -0.420. The van der Waals surface area contributed by atoms with Crippen molar-refractivity contribution in [2.45, 2.75) is 63.4 Å². The van der Waals surface area contributed by atoms with Gasteiger partial charge in [-0.1, -0.05) is 26.0 Å². The van der Waals surface area contributed by atoms with E-state index >= 15 is 0 Å². The first-order valence-electron chi connectivity index (χ1n) is 7.09. The minimum atomic E-state index is -0.801. The number of allylic oxidation sites excluding steroid dienone is 1. The van der Waals surface area contributed by atoms with Crippen LogP contribution in [0.3, 0.4) is 0 Å². The monoisotopic (exact) mass is 268 g/mol. The molecule has 1 saturated heterocycles. The molecule has 1 spiro atoms. The number of epoxide rings is 1. The first-order chi connectivity index (χ1) is 8.66. The van der Waals surface area contributed by atoms with Gasteiger partial charge in [-0.3, -0.25) is 0 Å². The van der Waals surface area contributed by atoms with Crippen molar-refractivity contribution in [2.24, 2.45) is 10.8 Å². The van der Waals surface area contributed by atoms with Gasteiger partial charge in [0.2, 0.25) is 0 Å². The molecule has 19 heavy (non-hydrogen) atoms. The molecule has 0 aromatic carbocycles. The molecular formula is C15H24O4. The normalized spacial score (nSPS) is 60.7. The second kappa shape index (κ2) is 3.61.